The number of rotatable bonds is 5. The van der Waals surface area contributed by atoms with Crippen molar-refractivity contribution >= 4 is 47.0 Å². The minimum Gasteiger partial charge on any atom is -0.433 e. The number of aliphatic imine (C=N–C) groups is 1. The van der Waals surface area contributed by atoms with Crippen LogP contribution in [-0.2, 0) is 0 Å². The molecule has 0 saturated carbocycles. The second-order valence-corrected chi connectivity index (χ2v) is 4.79. The maximum Gasteiger partial charge on any atom is 0.545 e. The molecule has 1 amide bonds. The first-order chi connectivity index (χ1) is 9.16. The molecule has 0 radical (unpaired) electrons. The van der Waals surface area contributed by atoms with Gasteiger partial charge in [-0.1, -0.05) is 16.7 Å². The van der Waals surface area contributed by atoms with Crippen LogP contribution in [0.25, 0.3) is 0 Å². The number of hydrogen-bond donors (Lipinski definition) is 1. The van der Waals surface area contributed by atoms with Gasteiger partial charge in [-0.15, -0.1) is 28.2 Å². The molecule has 0 spiro atoms. The number of quaternary nitrogens is 1. The van der Waals surface area contributed by atoms with E-state index in [0.29, 0.717) is 36.2 Å². The summed E-state index contributed by atoms with van der Waals surface area (Å²) in [5.74, 6) is 0.639. The van der Waals surface area contributed by atoms with Crippen LogP contribution in [0.3, 0.4) is 0 Å². The number of benzene rings is 1. The monoisotopic (exact) mass is 302 g/mol. The minimum absolute atomic E-state index is 0.320. The number of para-hydroxylation sites is 2. The van der Waals surface area contributed by atoms with Gasteiger partial charge in [0.2, 0.25) is 6.34 Å². The van der Waals surface area contributed by atoms with E-state index in [0.717, 1.165) is 0 Å². The van der Waals surface area contributed by atoms with Crippen LogP contribution in [0, 0.1) is 0 Å². The van der Waals surface area contributed by atoms with E-state index in [1.54, 1.807) is 23.2 Å². The number of carbonyl (C=O) groups is 1. The summed E-state index contributed by atoms with van der Waals surface area (Å²) in [6.45, 7) is 0.807. The van der Waals surface area contributed by atoms with Crippen molar-refractivity contribution in [2.75, 3.05) is 24.8 Å². The van der Waals surface area contributed by atoms with Gasteiger partial charge in [0.1, 0.15) is 5.69 Å². The molecular weight excluding hydrogens is 289 g/mol. The largest absolute Gasteiger partial charge is 0.545 e. The highest BCUT2D eigenvalue weighted by atomic mass is 35.5. The van der Waals surface area contributed by atoms with Gasteiger partial charge in [0.25, 0.3) is 0 Å². The van der Waals surface area contributed by atoms with Gasteiger partial charge >= 0.3 is 6.09 Å². The quantitative estimate of drug-likeness (QED) is 0.672. The number of carboxylic acid groups (broad SMARTS) is 1. The van der Waals surface area contributed by atoms with E-state index in [4.69, 9.17) is 23.2 Å². The first kappa shape index (κ1) is 14.3. The van der Waals surface area contributed by atoms with Gasteiger partial charge < -0.3 is 5.11 Å². The third kappa shape index (κ3) is 2.34. The van der Waals surface area contributed by atoms with Crippen molar-refractivity contribution in [3.63, 3.8) is 0 Å². The van der Waals surface area contributed by atoms with Crippen molar-refractivity contribution in [3.05, 3.63) is 24.3 Å². The second kappa shape index (κ2) is 5.88. The summed E-state index contributed by atoms with van der Waals surface area (Å²) in [5, 5.41) is 11.4. The average Bonchev–Trinajstić information content (AvgIpc) is 2.79. The summed E-state index contributed by atoms with van der Waals surface area (Å²) in [6.07, 6.45) is 0.385. The molecule has 1 aliphatic rings. The van der Waals surface area contributed by atoms with E-state index >= 15 is 0 Å². The van der Waals surface area contributed by atoms with E-state index in [9.17, 15) is 9.90 Å². The number of alkyl halides is 2. The van der Waals surface area contributed by atoms with Crippen LogP contribution in [0.5, 0.6) is 0 Å². The first-order valence-electron chi connectivity index (χ1n) is 5.81. The lowest BCUT2D eigenvalue weighted by Crippen LogP contribution is -2.64. The second-order valence-electron chi connectivity index (χ2n) is 4.03. The van der Waals surface area contributed by atoms with Crippen LogP contribution >= 0.6 is 23.2 Å². The molecule has 0 aromatic heterocycles. The predicted octanol–water partition coefficient (Wildman–Crippen LogP) is 3.04. The highest BCUT2D eigenvalue weighted by molar-refractivity contribution is 6.18. The highest BCUT2D eigenvalue weighted by Crippen LogP contribution is 2.39. The number of amides is 1. The Morgan fingerprint density at radius 3 is 2.47 bits per heavy atom. The van der Waals surface area contributed by atoms with Crippen LogP contribution < -0.4 is 4.59 Å². The molecule has 1 aliphatic heterocycles. The summed E-state index contributed by atoms with van der Waals surface area (Å²) in [7, 11) is 0. The summed E-state index contributed by atoms with van der Waals surface area (Å²) in [4.78, 5) is 16.0. The maximum atomic E-state index is 11.8. The molecular formula is C12H14Cl2N3O2+. The molecule has 0 bridgehead atoms. The van der Waals surface area contributed by atoms with Crippen molar-refractivity contribution < 1.29 is 9.90 Å². The predicted molar refractivity (Wildman–Crippen MR) is 77.4 cm³/mol. The SMILES string of the molecule is O=C(O)[N+]1(N(CCCl)CCCl)C=Nc2ccccc21. The molecule has 5 nitrogen and oxygen atoms in total. The maximum absolute atomic E-state index is 11.8. The number of hydrogen-bond acceptors (Lipinski definition) is 3. The zero-order valence-corrected chi connectivity index (χ0v) is 11.7. The fourth-order valence-corrected chi connectivity index (χ4v) is 2.58. The zero-order valence-electron chi connectivity index (χ0n) is 10.2. The topological polar surface area (TPSA) is 52.9 Å². The Labute approximate surface area is 121 Å². The van der Waals surface area contributed by atoms with Gasteiger partial charge in [0, 0.05) is 17.8 Å². The number of fused-ring (bicyclic) bond motifs is 1. The van der Waals surface area contributed by atoms with Crippen LogP contribution in [0.2, 0.25) is 0 Å². The summed E-state index contributed by atoms with van der Waals surface area (Å²) in [6, 6.07) is 7.16. The molecule has 1 aromatic carbocycles. The Morgan fingerprint density at radius 2 is 1.89 bits per heavy atom. The summed E-state index contributed by atoms with van der Waals surface area (Å²) >= 11 is 11.5. The molecule has 1 heterocycles. The molecule has 1 N–H and O–H groups in total. The van der Waals surface area contributed by atoms with Crippen molar-refractivity contribution in [1.82, 2.24) is 9.60 Å². The van der Waals surface area contributed by atoms with Crippen LogP contribution in [-0.4, -0.2) is 47.4 Å². The van der Waals surface area contributed by atoms with Crippen molar-refractivity contribution in [3.8, 4) is 0 Å². The summed E-state index contributed by atoms with van der Waals surface area (Å²) < 4.78 is -0.477. The standard InChI is InChI=1S/C12H13Cl2N3O2/c13-5-7-16(8-6-14)17(12(18)19)9-15-10-3-1-2-4-11(10)17/h1-4,9H,5-8H2/p+1. The summed E-state index contributed by atoms with van der Waals surface area (Å²) in [5.41, 5.74) is 1.25. The minimum atomic E-state index is -1.02. The van der Waals surface area contributed by atoms with Crippen molar-refractivity contribution in [2.45, 2.75) is 0 Å². The Kier molecular flexibility index (Phi) is 4.42. The van der Waals surface area contributed by atoms with Gasteiger partial charge in [-0.3, -0.25) is 0 Å². The van der Waals surface area contributed by atoms with Crippen molar-refractivity contribution in [2.24, 2.45) is 4.99 Å². The normalized spacial score (nSPS) is 20.8. The molecule has 1 aromatic rings. The Balaban J connectivity index is 2.51. The van der Waals surface area contributed by atoms with Gasteiger partial charge in [0.15, 0.2) is 5.69 Å². The molecule has 0 fully saturated rings. The molecule has 0 aliphatic carbocycles. The van der Waals surface area contributed by atoms with Gasteiger partial charge in [0.05, 0.1) is 13.1 Å². The lowest BCUT2D eigenvalue weighted by atomic mass is 10.2. The van der Waals surface area contributed by atoms with Gasteiger partial charge in [-0.25, -0.2) is 0 Å². The lowest BCUT2D eigenvalue weighted by Gasteiger charge is -2.34. The Morgan fingerprint density at radius 1 is 1.26 bits per heavy atom. The van der Waals surface area contributed by atoms with E-state index in [1.165, 1.54) is 6.34 Å². The zero-order chi connectivity index (χ0) is 13.9. The third-order valence-electron chi connectivity index (χ3n) is 3.04. The number of nitrogens with zero attached hydrogens (tertiary/aromatic N) is 3. The van der Waals surface area contributed by atoms with E-state index in [1.807, 2.05) is 6.07 Å². The van der Waals surface area contributed by atoms with Crippen LogP contribution in [0.1, 0.15) is 0 Å². The smallest absolute Gasteiger partial charge is 0.433 e. The van der Waals surface area contributed by atoms with E-state index in [-0.39, 0.29) is 0 Å². The van der Waals surface area contributed by atoms with E-state index in [2.05, 4.69) is 4.99 Å². The fraction of sp³-hybridized carbons (Fsp3) is 0.333. The van der Waals surface area contributed by atoms with Crippen LogP contribution in [0.4, 0.5) is 16.2 Å². The molecule has 0 saturated heterocycles. The molecule has 1 atom stereocenters. The lowest BCUT2D eigenvalue weighted by molar-refractivity contribution is 0.0652. The first-order valence-corrected chi connectivity index (χ1v) is 6.88. The molecule has 7 heteroatoms. The third-order valence-corrected chi connectivity index (χ3v) is 3.37. The Bertz CT molecular complexity index is 504. The van der Waals surface area contributed by atoms with Gasteiger partial charge in [-0.05, 0) is 6.07 Å². The highest BCUT2D eigenvalue weighted by Gasteiger charge is 2.49. The number of halogens is 2. The molecule has 102 valence electrons. The fourth-order valence-electron chi connectivity index (χ4n) is 2.19. The molecule has 2 rings (SSSR count). The van der Waals surface area contributed by atoms with Crippen molar-refractivity contribution in [1.29, 1.82) is 0 Å². The average molecular weight is 303 g/mol. The van der Waals surface area contributed by atoms with Crippen LogP contribution in [0.15, 0.2) is 29.3 Å². The van der Waals surface area contributed by atoms with E-state index < -0.39 is 10.7 Å². The molecule has 19 heavy (non-hydrogen) atoms. The molecule has 1 unspecified atom stereocenters. The Hall–Kier alpha value is -1.14. The van der Waals surface area contributed by atoms with Gasteiger partial charge in [-0.2, -0.15) is 9.79 Å².